The number of thioether (sulfide) groups is 1. The topological polar surface area (TPSA) is 87.9 Å². The zero-order chi connectivity index (χ0) is 27.1. The highest BCUT2D eigenvalue weighted by molar-refractivity contribution is 8.14. The van der Waals surface area contributed by atoms with Crippen molar-refractivity contribution in [3.05, 3.63) is 89.5 Å². The van der Waals surface area contributed by atoms with Gasteiger partial charge in [0.05, 0.1) is 11.9 Å². The Morgan fingerprint density at radius 2 is 1.76 bits per heavy atom. The molecular formula is C27H25F3N6OS. The molecule has 0 spiro atoms. The van der Waals surface area contributed by atoms with Crippen molar-refractivity contribution in [1.82, 2.24) is 0 Å². The minimum absolute atomic E-state index is 0.236. The van der Waals surface area contributed by atoms with Crippen molar-refractivity contribution in [2.45, 2.75) is 26.3 Å². The number of para-hydroxylation sites is 1. The highest BCUT2D eigenvalue weighted by Gasteiger charge is 2.31. The van der Waals surface area contributed by atoms with Crippen LogP contribution in [0.2, 0.25) is 0 Å². The molecule has 1 aliphatic heterocycles. The second-order valence-corrected chi connectivity index (χ2v) is 9.35. The first-order valence-corrected chi connectivity index (χ1v) is 12.6. The number of ether oxygens (including phenoxy) is 1. The molecular weight excluding hydrogens is 513 g/mol. The first kappa shape index (κ1) is 26.9. The van der Waals surface area contributed by atoms with Gasteiger partial charge in [-0.05, 0) is 55.3 Å². The number of hydrogen-bond donors (Lipinski definition) is 1. The Labute approximate surface area is 222 Å². The molecule has 2 N–H and O–H groups in total. The number of rotatable bonds is 7. The van der Waals surface area contributed by atoms with Crippen LogP contribution in [-0.2, 0) is 0 Å². The summed E-state index contributed by atoms with van der Waals surface area (Å²) in [6.07, 6.45) is -1.83. The minimum Gasteiger partial charge on any atom is -0.406 e. The predicted octanol–water partition coefficient (Wildman–Crippen LogP) is 6.29. The van der Waals surface area contributed by atoms with Gasteiger partial charge in [0.25, 0.3) is 0 Å². The lowest BCUT2D eigenvalue weighted by atomic mass is 10.1. The second kappa shape index (κ2) is 12.0. The highest BCUT2D eigenvalue weighted by Crippen LogP contribution is 2.32. The highest BCUT2D eigenvalue weighted by atomic mass is 32.2. The number of aryl methyl sites for hydroxylation is 1. The average molecular weight is 539 g/mol. The maximum Gasteiger partial charge on any atom is 0.573 e. The lowest BCUT2D eigenvalue weighted by molar-refractivity contribution is -0.274. The number of aliphatic imine (C=N–C) groups is 2. The third kappa shape index (κ3) is 7.22. The summed E-state index contributed by atoms with van der Waals surface area (Å²) in [5.41, 5.74) is 10.3. The van der Waals surface area contributed by atoms with Crippen LogP contribution in [0, 0.1) is 6.92 Å². The van der Waals surface area contributed by atoms with E-state index in [0.717, 1.165) is 22.2 Å². The van der Waals surface area contributed by atoms with Gasteiger partial charge in [-0.2, -0.15) is 5.10 Å². The fourth-order valence-corrected chi connectivity index (χ4v) is 4.69. The van der Waals surface area contributed by atoms with Crippen molar-refractivity contribution in [2.24, 2.45) is 25.9 Å². The third-order valence-corrected chi connectivity index (χ3v) is 6.69. The fraction of sp³-hybridized carbons (Fsp3) is 0.185. The number of halogens is 3. The normalized spacial score (nSPS) is 17.7. The smallest absolute Gasteiger partial charge is 0.406 e. The van der Waals surface area contributed by atoms with Gasteiger partial charge < -0.3 is 15.4 Å². The van der Waals surface area contributed by atoms with Gasteiger partial charge in [0.15, 0.2) is 5.17 Å². The van der Waals surface area contributed by atoms with Crippen molar-refractivity contribution in [3.8, 4) is 5.75 Å². The predicted molar refractivity (Wildman–Crippen MR) is 149 cm³/mol. The summed E-state index contributed by atoms with van der Waals surface area (Å²) in [4.78, 5) is 10.4. The van der Waals surface area contributed by atoms with E-state index in [0.29, 0.717) is 17.3 Å². The van der Waals surface area contributed by atoms with Gasteiger partial charge in [0.2, 0.25) is 0 Å². The number of benzene rings is 3. The maximum atomic E-state index is 12.2. The van der Waals surface area contributed by atoms with E-state index in [-0.39, 0.29) is 11.6 Å². The van der Waals surface area contributed by atoms with E-state index in [2.05, 4.69) is 55.8 Å². The number of nitrogens with zero attached hydrogens (tertiary/aromatic N) is 5. The van der Waals surface area contributed by atoms with E-state index in [1.165, 1.54) is 36.2 Å². The Morgan fingerprint density at radius 1 is 1.05 bits per heavy atom. The SMILES string of the molecule is Cc1ccccc1N1/C(=N\N=C/c2ccc(C(N)=NC=Nc3ccc(OC(F)(F)F)cc3)cc2)SCC1C. The van der Waals surface area contributed by atoms with Crippen molar-refractivity contribution in [1.29, 1.82) is 0 Å². The van der Waals surface area contributed by atoms with Crippen LogP contribution in [0.25, 0.3) is 0 Å². The van der Waals surface area contributed by atoms with E-state index in [1.54, 1.807) is 30.1 Å². The lowest BCUT2D eigenvalue weighted by Crippen LogP contribution is -2.31. The average Bonchev–Trinajstić information content (AvgIpc) is 3.24. The summed E-state index contributed by atoms with van der Waals surface area (Å²) < 4.78 is 40.6. The maximum absolute atomic E-state index is 12.2. The molecule has 11 heteroatoms. The van der Waals surface area contributed by atoms with Crippen LogP contribution in [0.15, 0.2) is 93.0 Å². The molecule has 0 amide bonds. The summed E-state index contributed by atoms with van der Waals surface area (Å²) >= 11 is 1.68. The van der Waals surface area contributed by atoms with Crippen LogP contribution < -0.4 is 15.4 Å². The van der Waals surface area contributed by atoms with Gasteiger partial charge in [0.1, 0.15) is 17.9 Å². The lowest BCUT2D eigenvalue weighted by Gasteiger charge is -2.24. The summed E-state index contributed by atoms with van der Waals surface area (Å²) in [5.74, 6) is 0.853. The molecule has 7 nitrogen and oxygen atoms in total. The monoisotopic (exact) mass is 538 g/mol. The van der Waals surface area contributed by atoms with E-state index in [1.807, 2.05) is 24.3 Å². The Kier molecular flexibility index (Phi) is 8.47. The van der Waals surface area contributed by atoms with Crippen molar-refractivity contribution in [3.63, 3.8) is 0 Å². The summed E-state index contributed by atoms with van der Waals surface area (Å²) in [6, 6.07) is 21.0. The fourth-order valence-electron chi connectivity index (χ4n) is 3.63. The number of hydrogen-bond acceptors (Lipinski definition) is 5. The zero-order valence-corrected chi connectivity index (χ0v) is 21.4. The first-order chi connectivity index (χ1) is 18.2. The number of alkyl halides is 3. The molecule has 1 heterocycles. The Balaban J connectivity index is 1.37. The molecule has 0 bridgehead atoms. The molecule has 1 saturated heterocycles. The molecule has 0 saturated carbocycles. The Bertz CT molecular complexity index is 1370. The van der Waals surface area contributed by atoms with E-state index in [9.17, 15) is 13.2 Å². The van der Waals surface area contributed by atoms with Gasteiger partial charge in [-0.25, -0.2) is 9.98 Å². The van der Waals surface area contributed by atoms with E-state index in [4.69, 9.17) is 5.73 Å². The van der Waals surface area contributed by atoms with Crippen molar-refractivity contribution in [2.75, 3.05) is 10.7 Å². The molecule has 1 unspecified atom stereocenters. The second-order valence-electron chi connectivity index (χ2n) is 8.37. The van der Waals surface area contributed by atoms with Crippen LogP contribution >= 0.6 is 11.8 Å². The summed E-state index contributed by atoms with van der Waals surface area (Å²) in [5, 5.41) is 9.62. The Morgan fingerprint density at radius 3 is 2.45 bits per heavy atom. The molecule has 0 radical (unpaired) electrons. The van der Waals surface area contributed by atoms with Gasteiger partial charge >= 0.3 is 6.36 Å². The van der Waals surface area contributed by atoms with Crippen molar-refractivity contribution >= 4 is 46.7 Å². The van der Waals surface area contributed by atoms with Crippen LogP contribution in [0.4, 0.5) is 24.5 Å². The summed E-state index contributed by atoms with van der Waals surface area (Å²) in [6.45, 7) is 4.26. The number of amidine groups is 2. The zero-order valence-electron chi connectivity index (χ0n) is 20.6. The van der Waals surface area contributed by atoms with Gasteiger partial charge in [0, 0.05) is 23.0 Å². The van der Waals surface area contributed by atoms with Crippen LogP contribution in [0.1, 0.15) is 23.6 Å². The Hall–Kier alpha value is -4.12. The molecule has 4 rings (SSSR count). The number of nitrogens with two attached hydrogens (primary N) is 1. The third-order valence-electron chi connectivity index (χ3n) is 5.51. The molecule has 196 valence electrons. The van der Waals surface area contributed by atoms with Gasteiger partial charge in [-0.1, -0.05) is 54.2 Å². The molecule has 0 aliphatic carbocycles. The minimum atomic E-state index is -4.74. The standard InChI is InChI=1S/C27H25F3N6OS/c1-18-5-3-4-6-24(18)36-19(2)16-38-26(36)35-34-15-20-7-9-21(10-8-20)25(31)33-17-32-22-11-13-23(14-12-22)37-27(28,29)30/h3-15,17,19H,16H2,1-2H3,(H2,31,32,33)/b34-15-,35-26+. The van der Waals surface area contributed by atoms with Gasteiger partial charge in [-0.3, -0.25) is 0 Å². The number of anilines is 1. The van der Waals surface area contributed by atoms with Gasteiger partial charge in [-0.15, -0.1) is 18.3 Å². The van der Waals surface area contributed by atoms with E-state index >= 15 is 0 Å². The van der Waals surface area contributed by atoms with Crippen LogP contribution in [-0.4, -0.2) is 41.7 Å². The largest absolute Gasteiger partial charge is 0.573 e. The molecule has 1 atom stereocenters. The van der Waals surface area contributed by atoms with E-state index < -0.39 is 6.36 Å². The first-order valence-electron chi connectivity index (χ1n) is 11.6. The van der Waals surface area contributed by atoms with Crippen LogP contribution in [0.5, 0.6) is 5.75 Å². The molecule has 0 aromatic heterocycles. The quantitative estimate of drug-likeness (QED) is 0.218. The molecule has 1 fully saturated rings. The summed E-state index contributed by atoms with van der Waals surface area (Å²) in [7, 11) is 0. The molecule has 3 aromatic rings. The van der Waals surface area contributed by atoms with Crippen LogP contribution in [0.3, 0.4) is 0 Å². The molecule has 1 aliphatic rings. The molecule has 38 heavy (non-hydrogen) atoms. The van der Waals surface area contributed by atoms with Crippen molar-refractivity contribution < 1.29 is 17.9 Å². The molecule has 3 aromatic carbocycles.